The molecule has 68 valence electrons. The van der Waals surface area contributed by atoms with Gasteiger partial charge < -0.3 is 14.6 Å². The minimum Gasteiger partial charge on any atom is -0.481 e. The fraction of sp³-hybridized carbons (Fsp3) is 0.556. The summed E-state index contributed by atoms with van der Waals surface area (Å²) in [5.74, 6) is -0.158. The summed E-state index contributed by atoms with van der Waals surface area (Å²) in [7, 11) is 0. The van der Waals surface area contributed by atoms with Crippen LogP contribution in [0.3, 0.4) is 0 Å². The van der Waals surface area contributed by atoms with Crippen LogP contribution in [0.2, 0.25) is 0 Å². The molecular weight excluding hydrogens is 156 g/mol. The van der Waals surface area contributed by atoms with Crippen LogP contribution in [-0.4, -0.2) is 10.9 Å². The molecule has 1 aliphatic heterocycles. The average Bonchev–Trinajstić information content (AvgIpc) is 1.96. The monoisotopic (exact) mass is 170 g/mol. The Morgan fingerprint density at radius 3 is 2.42 bits per heavy atom. The van der Waals surface area contributed by atoms with Gasteiger partial charge in [0.25, 0.3) is 5.95 Å². The lowest BCUT2D eigenvalue weighted by Gasteiger charge is -2.32. The summed E-state index contributed by atoms with van der Waals surface area (Å²) in [6, 6.07) is 0. The Morgan fingerprint density at radius 1 is 1.33 bits per heavy atom. The maximum Gasteiger partial charge on any atom is 0.286 e. The number of rotatable bonds is 0. The highest BCUT2D eigenvalue weighted by Gasteiger charge is 2.30. The van der Waals surface area contributed by atoms with Gasteiger partial charge in [0.15, 0.2) is 0 Å². The van der Waals surface area contributed by atoms with Crippen molar-refractivity contribution in [2.24, 2.45) is 0 Å². The van der Waals surface area contributed by atoms with Crippen LogP contribution in [0.5, 0.6) is 0 Å². The van der Waals surface area contributed by atoms with Crippen molar-refractivity contribution in [3.63, 3.8) is 0 Å². The van der Waals surface area contributed by atoms with Crippen molar-refractivity contribution in [2.45, 2.75) is 33.5 Å². The second-order valence-electron chi connectivity index (χ2n) is 3.19. The van der Waals surface area contributed by atoms with E-state index in [1.165, 1.54) is 0 Å². The molecule has 0 saturated heterocycles. The van der Waals surface area contributed by atoms with Crippen molar-refractivity contribution < 1.29 is 14.6 Å². The third kappa shape index (κ3) is 1.55. The standard InChI is InChI=1S/C9H14O3/c1-5-7-6(2)8(10)12-9(3,4)11-7/h5,10H,1-4H3/b7-5-. The second-order valence-corrected chi connectivity index (χ2v) is 3.19. The van der Waals surface area contributed by atoms with E-state index in [0.717, 1.165) is 0 Å². The molecule has 3 nitrogen and oxygen atoms in total. The van der Waals surface area contributed by atoms with Gasteiger partial charge >= 0.3 is 0 Å². The molecule has 0 aromatic carbocycles. The molecule has 0 amide bonds. The number of aliphatic hydroxyl groups is 1. The fourth-order valence-electron chi connectivity index (χ4n) is 1.05. The molecule has 3 heteroatoms. The Balaban J connectivity index is 3.02. The molecule has 0 spiro atoms. The first-order valence-electron chi connectivity index (χ1n) is 3.91. The van der Waals surface area contributed by atoms with E-state index in [1.807, 2.05) is 6.92 Å². The molecule has 1 aliphatic rings. The Bertz CT molecular complexity index is 248. The Hall–Kier alpha value is -1.12. The maximum atomic E-state index is 9.35. The lowest BCUT2D eigenvalue weighted by atomic mass is 10.2. The van der Waals surface area contributed by atoms with E-state index < -0.39 is 5.79 Å². The van der Waals surface area contributed by atoms with Crippen LogP contribution in [0.4, 0.5) is 0 Å². The first kappa shape index (κ1) is 8.97. The van der Waals surface area contributed by atoms with E-state index in [0.29, 0.717) is 11.3 Å². The summed E-state index contributed by atoms with van der Waals surface area (Å²) in [4.78, 5) is 0. The molecule has 0 aliphatic carbocycles. The highest BCUT2D eigenvalue weighted by molar-refractivity contribution is 5.26. The Labute approximate surface area is 72.3 Å². The maximum absolute atomic E-state index is 9.35. The van der Waals surface area contributed by atoms with Crippen LogP contribution >= 0.6 is 0 Å². The highest BCUT2D eigenvalue weighted by Crippen LogP contribution is 2.30. The number of hydrogen-bond acceptors (Lipinski definition) is 3. The quantitative estimate of drug-likeness (QED) is 0.607. The second kappa shape index (κ2) is 2.73. The number of allylic oxidation sites excluding steroid dienone is 2. The summed E-state index contributed by atoms with van der Waals surface area (Å²) in [6.45, 7) is 7.10. The molecule has 0 fully saturated rings. The van der Waals surface area contributed by atoms with Crippen LogP contribution in [0, 0.1) is 0 Å². The molecule has 1 rings (SSSR count). The molecule has 12 heavy (non-hydrogen) atoms. The third-order valence-electron chi connectivity index (χ3n) is 1.65. The van der Waals surface area contributed by atoms with E-state index in [1.54, 1.807) is 26.8 Å². The molecule has 1 N–H and O–H groups in total. The lowest BCUT2D eigenvalue weighted by molar-refractivity contribution is -0.200. The molecular formula is C9H14O3. The molecule has 0 radical (unpaired) electrons. The Morgan fingerprint density at radius 2 is 1.92 bits per heavy atom. The van der Waals surface area contributed by atoms with Crippen LogP contribution in [0.1, 0.15) is 27.7 Å². The van der Waals surface area contributed by atoms with Crippen molar-refractivity contribution in [1.82, 2.24) is 0 Å². The van der Waals surface area contributed by atoms with Gasteiger partial charge in [0.1, 0.15) is 5.76 Å². The van der Waals surface area contributed by atoms with Crippen molar-refractivity contribution in [3.8, 4) is 0 Å². The van der Waals surface area contributed by atoms with E-state index >= 15 is 0 Å². The first-order chi connectivity index (χ1) is 5.46. The molecule has 0 aromatic heterocycles. The zero-order chi connectivity index (χ0) is 9.35. The number of ether oxygens (including phenoxy) is 2. The topological polar surface area (TPSA) is 38.7 Å². The molecule has 0 aromatic rings. The predicted octanol–water partition coefficient (Wildman–Crippen LogP) is 2.46. The smallest absolute Gasteiger partial charge is 0.286 e. The number of hydrogen-bond donors (Lipinski definition) is 1. The van der Waals surface area contributed by atoms with Crippen molar-refractivity contribution in [3.05, 3.63) is 23.4 Å². The van der Waals surface area contributed by atoms with Gasteiger partial charge in [-0.25, -0.2) is 0 Å². The van der Waals surface area contributed by atoms with Crippen molar-refractivity contribution in [2.75, 3.05) is 0 Å². The first-order valence-corrected chi connectivity index (χ1v) is 3.91. The van der Waals surface area contributed by atoms with Crippen LogP contribution in [0.15, 0.2) is 23.4 Å². The van der Waals surface area contributed by atoms with Gasteiger partial charge in [0, 0.05) is 13.8 Å². The van der Waals surface area contributed by atoms with Crippen molar-refractivity contribution in [1.29, 1.82) is 0 Å². The minimum atomic E-state index is -0.772. The van der Waals surface area contributed by atoms with Gasteiger partial charge in [0.05, 0.1) is 5.57 Å². The zero-order valence-electron chi connectivity index (χ0n) is 7.84. The SMILES string of the molecule is C/C=C1\OC(C)(C)OC(O)=C1C. The predicted molar refractivity (Wildman–Crippen MR) is 45.3 cm³/mol. The molecule has 0 unspecified atom stereocenters. The number of aliphatic hydroxyl groups excluding tert-OH is 1. The summed E-state index contributed by atoms with van der Waals surface area (Å²) in [5.41, 5.74) is 0.636. The van der Waals surface area contributed by atoms with Crippen LogP contribution in [-0.2, 0) is 9.47 Å². The van der Waals surface area contributed by atoms with Gasteiger partial charge in [-0.2, -0.15) is 0 Å². The van der Waals surface area contributed by atoms with E-state index in [9.17, 15) is 5.11 Å². The van der Waals surface area contributed by atoms with Gasteiger partial charge in [-0.1, -0.05) is 0 Å². The van der Waals surface area contributed by atoms with Crippen LogP contribution < -0.4 is 0 Å². The summed E-state index contributed by atoms with van der Waals surface area (Å²) in [6.07, 6.45) is 1.80. The molecule has 1 heterocycles. The molecule has 0 bridgehead atoms. The van der Waals surface area contributed by atoms with E-state index in [4.69, 9.17) is 9.47 Å². The van der Waals surface area contributed by atoms with E-state index in [-0.39, 0.29) is 5.95 Å². The van der Waals surface area contributed by atoms with Gasteiger partial charge in [0.2, 0.25) is 5.79 Å². The lowest BCUT2D eigenvalue weighted by Crippen LogP contribution is -2.32. The Kier molecular flexibility index (Phi) is 2.04. The summed E-state index contributed by atoms with van der Waals surface area (Å²) >= 11 is 0. The molecule has 0 saturated carbocycles. The largest absolute Gasteiger partial charge is 0.481 e. The third-order valence-corrected chi connectivity index (χ3v) is 1.65. The normalized spacial score (nSPS) is 25.2. The summed E-state index contributed by atoms with van der Waals surface area (Å²) in [5, 5.41) is 9.35. The highest BCUT2D eigenvalue weighted by atomic mass is 16.7. The summed E-state index contributed by atoms with van der Waals surface area (Å²) < 4.78 is 10.5. The van der Waals surface area contributed by atoms with Gasteiger partial charge in [-0.3, -0.25) is 0 Å². The van der Waals surface area contributed by atoms with E-state index in [2.05, 4.69) is 0 Å². The zero-order valence-corrected chi connectivity index (χ0v) is 7.84. The van der Waals surface area contributed by atoms with Crippen molar-refractivity contribution >= 4 is 0 Å². The fourth-order valence-corrected chi connectivity index (χ4v) is 1.05. The molecule has 0 atom stereocenters. The van der Waals surface area contributed by atoms with Gasteiger partial charge in [-0.15, -0.1) is 0 Å². The van der Waals surface area contributed by atoms with Crippen LogP contribution in [0.25, 0.3) is 0 Å². The average molecular weight is 170 g/mol. The van der Waals surface area contributed by atoms with Gasteiger partial charge in [-0.05, 0) is 19.9 Å². The minimum absolute atomic E-state index is 0.0562.